The molecule has 9 nitrogen and oxygen atoms in total. The van der Waals surface area contributed by atoms with Crippen molar-refractivity contribution in [2.24, 2.45) is 4.99 Å². The van der Waals surface area contributed by atoms with Crippen molar-refractivity contribution < 1.29 is 23.1 Å². The van der Waals surface area contributed by atoms with Gasteiger partial charge >= 0.3 is 0 Å². The molecule has 0 saturated heterocycles. The number of benzodiazepines with no additional fused rings is 1. The third-order valence-electron chi connectivity index (χ3n) is 6.34. The quantitative estimate of drug-likeness (QED) is 0.348. The second-order valence-electron chi connectivity index (χ2n) is 8.81. The van der Waals surface area contributed by atoms with Gasteiger partial charge in [0.25, 0.3) is 11.8 Å². The van der Waals surface area contributed by atoms with Crippen LogP contribution in [0, 0.1) is 11.6 Å². The molecule has 198 valence electrons. The van der Waals surface area contributed by atoms with Crippen LogP contribution >= 0.6 is 0 Å². The van der Waals surface area contributed by atoms with E-state index in [4.69, 9.17) is 4.74 Å². The lowest BCUT2D eigenvalue weighted by molar-refractivity contribution is -0.117. The highest BCUT2D eigenvalue weighted by atomic mass is 19.1. The summed E-state index contributed by atoms with van der Waals surface area (Å²) in [5, 5.41) is 9.43. The maximum absolute atomic E-state index is 14.8. The van der Waals surface area contributed by atoms with Gasteiger partial charge in [0.05, 0.1) is 18.5 Å². The molecule has 0 bridgehead atoms. The van der Waals surface area contributed by atoms with Crippen molar-refractivity contribution in [2.45, 2.75) is 6.17 Å². The molecule has 2 aromatic heterocycles. The molecule has 1 aliphatic rings. The van der Waals surface area contributed by atoms with Crippen LogP contribution in [0.4, 0.5) is 14.5 Å². The lowest BCUT2D eigenvalue weighted by Gasteiger charge is -2.14. The molecule has 0 fully saturated rings. The maximum Gasteiger partial charge on any atom is 0.274 e. The third-order valence-corrected chi connectivity index (χ3v) is 6.34. The second kappa shape index (κ2) is 10.0. The van der Waals surface area contributed by atoms with Crippen LogP contribution in [-0.2, 0) is 4.79 Å². The summed E-state index contributed by atoms with van der Waals surface area (Å²) in [5.74, 6) is -2.65. The Morgan fingerprint density at radius 3 is 2.42 bits per heavy atom. The number of nitrogens with one attached hydrogen (secondary N) is 2. The highest BCUT2D eigenvalue weighted by Gasteiger charge is 2.31. The minimum atomic E-state index is -1.47. The van der Waals surface area contributed by atoms with Crippen molar-refractivity contribution in [3.63, 3.8) is 0 Å². The molecular weight excluding hydrogens is 518 g/mol. The Balaban J connectivity index is 1.48. The monoisotopic (exact) mass is 538 g/mol. The zero-order valence-corrected chi connectivity index (χ0v) is 20.9. The Labute approximate surface area is 226 Å². The van der Waals surface area contributed by atoms with Crippen molar-refractivity contribution in [1.29, 1.82) is 0 Å². The number of aromatic nitrogens is 3. The zero-order chi connectivity index (χ0) is 27.8. The van der Waals surface area contributed by atoms with E-state index in [-0.39, 0.29) is 34.2 Å². The first kappa shape index (κ1) is 24.9. The fourth-order valence-electron chi connectivity index (χ4n) is 4.48. The highest BCUT2D eigenvalue weighted by Crippen LogP contribution is 2.29. The maximum atomic E-state index is 14.8. The van der Waals surface area contributed by atoms with Gasteiger partial charge in [-0.3, -0.25) is 9.59 Å². The summed E-state index contributed by atoms with van der Waals surface area (Å²) in [7, 11) is 1.41. The van der Waals surface area contributed by atoms with Gasteiger partial charge < -0.3 is 15.4 Å². The fraction of sp³-hybridized carbons (Fsp3) is 0.0690. The first-order chi connectivity index (χ1) is 19.4. The van der Waals surface area contributed by atoms with Crippen LogP contribution in [0.5, 0.6) is 5.88 Å². The molecule has 3 aromatic carbocycles. The summed E-state index contributed by atoms with van der Waals surface area (Å²) < 4.78 is 36.1. The first-order valence-electron chi connectivity index (χ1n) is 12.2. The Morgan fingerprint density at radius 1 is 0.925 bits per heavy atom. The van der Waals surface area contributed by atoms with E-state index in [1.54, 1.807) is 48.5 Å². The first-order valence-corrected chi connectivity index (χ1v) is 12.2. The molecule has 0 spiro atoms. The Bertz CT molecular complexity index is 1820. The number of nitrogens with zero attached hydrogens (tertiary/aromatic N) is 4. The molecule has 0 saturated carbocycles. The van der Waals surface area contributed by atoms with Gasteiger partial charge in [0.1, 0.15) is 17.3 Å². The van der Waals surface area contributed by atoms with Crippen LogP contribution in [-0.4, -0.2) is 45.4 Å². The largest absolute Gasteiger partial charge is 0.480 e. The molecule has 6 rings (SSSR count). The van der Waals surface area contributed by atoms with Crippen LogP contribution in [0.1, 0.15) is 21.6 Å². The van der Waals surface area contributed by atoms with Gasteiger partial charge in [-0.05, 0) is 24.3 Å². The minimum absolute atomic E-state index is 0.00646. The van der Waals surface area contributed by atoms with Crippen molar-refractivity contribution in [2.75, 3.05) is 12.4 Å². The molecule has 1 aliphatic heterocycles. The van der Waals surface area contributed by atoms with Gasteiger partial charge in [0, 0.05) is 22.8 Å². The van der Waals surface area contributed by atoms with Crippen LogP contribution < -0.4 is 15.4 Å². The number of hydrogen-bond donors (Lipinski definition) is 2. The number of methoxy groups -OCH3 is 1. The minimum Gasteiger partial charge on any atom is -0.480 e. The number of hydrogen-bond acceptors (Lipinski definition) is 6. The average molecular weight is 539 g/mol. The van der Waals surface area contributed by atoms with Crippen LogP contribution in [0.15, 0.2) is 89.9 Å². The topological polar surface area (TPSA) is 110 Å². The summed E-state index contributed by atoms with van der Waals surface area (Å²) in [6.45, 7) is 0. The molecule has 0 radical (unpaired) electrons. The molecule has 11 heteroatoms. The van der Waals surface area contributed by atoms with Crippen LogP contribution in [0.3, 0.4) is 0 Å². The molecule has 40 heavy (non-hydrogen) atoms. The standard InChI is InChI=1S/C29H20F2N6O3/c1-40-22-15-14-21-32-25(17-10-5-6-12-19(17)30)26(37(21)36-22)28(38)35-27-29(39)34-24-18(11-7-13-20(24)31)23(33-27)16-8-3-2-4-9-16/h2-15,27H,1H3,(H,34,39)(H,35,38). The normalized spacial score (nSPS) is 14.6. The van der Waals surface area contributed by atoms with E-state index in [0.29, 0.717) is 16.8 Å². The molecule has 0 aliphatic carbocycles. The zero-order valence-electron chi connectivity index (χ0n) is 20.9. The Morgan fingerprint density at radius 2 is 1.65 bits per heavy atom. The lowest BCUT2D eigenvalue weighted by atomic mass is 10.0. The number of amides is 2. The number of para-hydroxylation sites is 1. The third kappa shape index (κ3) is 4.33. The number of halogens is 2. The van der Waals surface area contributed by atoms with Gasteiger partial charge in [0.2, 0.25) is 12.0 Å². The summed E-state index contributed by atoms with van der Waals surface area (Å²) >= 11 is 0. The smallest absolute Gasteiger partial charge is 0.274 e. The second-order valence-corrected chi connectivity index (χ2v) is 8.81. The number of imidazole rings is 1. The fourth-order valence-corrected chi connectivity index (χ4v) is 4.48. The number of fused-ring (bicyclic) bond motifs is 2. The number of rotatable bonds is 5. The molecule has 2 amide bonds. The lowest BCUT2D eigenvalue weighted by Crippen LogP contribution is -2.43. The number of carbonyl (C=O) groups excluding carboxylic acids is 2. The summed E-state index contributed by atoms with van der Waals surface area (Å²) in [4.78, 5) is 36.1. The molecular formula is C29H20F2N6O3. The SMILES string of the molecule is COc1ccc2nc(-c3ccccc3F)c(C(=O)NC3N=C(c4ccccc4)c4cccc(F)c4NC3=O)n2n1. The van der Waals surface area contributed by atoms with Crippen LogP contribution in [0.25, 0.3) is 16.9 Å². The van der Waals surface area contributed by atoms with Crippen molar-refractivity contribution >= 4 is 28.9 Å². The number of aliphatic imine (C=N–C) groups is 1. The average Bonchev–Trinajstić information content (AvgIpc) is 3.28. The number of anilines is 1. The van der Waals surface area contributed by atoms with Crippen molar-refractivity contribution in [1.82, 2.24) is 19.9 Å². The van der Waals surface area contributed by atoms with E-state index in [0.717, 1.165) is 0 Å². The van der Waals surface area contributed by atoms with Gasteiger partial charge in [0.15, 0.2) is 11.3 Å². The van der Waals surface area contributed by atoms with Crippen LogP contribution in [0.2, 0.25) is 0 Å². The summed E-state index contributed by atoms with van der Waals surface area (Å²) in [6, 6.07) is 22.2. The molecule has 5 aromatic rings. The van der Waals surface area contributed by atoms with E-state index < -0.39 is 29.6 Å². The Kier molecular flexibility index (Phi) is 6.23. The highest BCUT2D eigenvalue weighted by molar-refractivity contribution is 6.20. The molecule has 1 atom stereocenters. The van der Waals surface area contributed by atoms with E-state index in [2.05, 4.69) is 25.7 Å². The van der Waals surface area contributed by atoms with Gasteiger partial charge in [-0.2, -0.15) is 0 Å². The van der Waals surface area contributed by atoms with Gasteiger partial charge in [-0.25, -0.2) is 23.3 Å². The van der Waals surface area contributed by atoms with E-state index >= 15 is 0 Å². The van der Waals surface area contributed by atoms with Crippen molar-refractivity contribution in [3.05, 3.63) is 113 Å². The van der Waals surface area contributed by atoms with E-state index in [1.165, 1.54) is 42.0 Å². The predicted octanol–water partition coefficient (Wildman–Crippen LogP) is 4.23. The number of benzene rings is 3. The molecule has 3 heterocycles. The summed E-state index contributed by atoms with van der Waals surface area (Å²) in [6.07, 6.45) is -1.47. The number of carbonyl (C=O) groups is 2. The van der Waals surface area contributed by atoms with Gasteiger partial charge in [-0.15, -0.1) is 5.10 Å². The summed E-state index contributed by atoms with van der Waals surface area (Å²) in [5.41, 5.74) is 1.38. The number of ether oxygens (including phenoxy) is 1. The van der Waals surface area contributed by atoms with E-state index in [9.17, 15) is 18.4 Å². The van der Waals surface area contributed by atoms with E-state index in [1.807, 2.05) is 6.07 Å². The molecule has 2 N–H and O–H groups in total. The predicted molar refractivity (Wildman–Crippen MR) is 143 cm³/mol. The van der Waals surface area contributed by atoms with Crippen molar-refractivity contribution in [3.8, 4) is 17.1 Å². The van der Waals surface area contributed by atoms with Gasteiger partial charge in [-0.1, -0.05) is 54.6 Å². The molecule has 1 unspecified atom stereocenters. The Hall–Kier alpha value is -5.45.